The van der Waals surface area contributed by atoms with Crippen molar-refractivity contribution in [3.05, 3.63) is 6.92 Å². The first-order valence-electron chi connectivity index (χ1n) is 1.63. The Morgan fingerprint density at radius 2 is 1.57 bits per heavy atom. The van der Waals surface area contributed by atoms with Gasteiger partial charge in [-0.25, -0.2) is 0 Å². The number of aliphatic carboxylic acids is 1. The summed E-state index contributed by atoms with van der Waals surface area (Å²) >= 11 is 0. The van der Waals surface area contributed by atoms with Gasteiger partial charge in [0.1, 0.15) is 0 Å². The second kappa shape index (κ2) is 16.6. The summed E-state index contributed by atoms with van der Waals surface area (Å²) in [5.74, 6) is -0.833. The molecule has 0 saturated carbocycles. The molecule has 0 aliphatic carbocycles. The van der Waals surface area contributed by atoms with Crippen molar-refractivity contribution in [2.75, 3.05) is 0 Å². The summed E-state index contributed by atoms with van der Waals surface area (Å²) in [5.41, 5.74) is 0. The third-order valence-electron chi connectivity index (χ3n) is 0. The van der Waals surface area contributed by atoms with E-state index >= 15 is 0 Å². The molecule has 7 heavy (non-hydrogen) atoms. The van der Waals surface area contributed by atoms with Gasteiger partial charge >= 0.3 is 18.9 Å². The van der Waals surface area contributed by atoms with Gasteiger partial charge in [0, 0.05) is 6.92 Å². The average molecular weight is 96.1 g/mol. The van der Waals surface area contributed by atoms with E-state index in [-0.39, 0.29) is 18.9 Å². The largest absolute Gasteiger partial charge is 1.00 e. The SMILES string of the molecule is CC(=O)O.[CH2-]C.[Li+]. The molecule has 3 heteroatoms. The van der Waals surface area contributed by atoms with Crippen LogP contribution in [0.15, 0.2) is 0 Å². The van der Waals surface area contributed by atoms with Crippen LogP contribution >= 0.6 is 0 Å². The van der Waals surface area contributed by atoms with Crippen LogP contribution in [0, 0.1) is 6.92 Å². The molecule has 0 aliphatic rings. The molecule has 0 atom stereocenters. The number of hydrogen-bond donors (Lipinski definition) is 1. The first-order valence-corrected chi connectivity index (χ1v) is 1.63. The van der Waals surface area contributed by atoms with Gasteiger partial charge in [-0.3, -0.25) is 4.79 Å². The Morgan fingerprint density at radius 1 is 1.57 bits per heavy atom. The van der Waals surface area contributed by atoms with Crippen molar-refractivity contribution in [3.63, 3.8) is 0 Å². The molecule has 0 aromatic rings. The number of carboxylic acids is 1. The Hall–Kier alpha value is 0.0674. The second-order valence-electron chi connectivity index (χ2n) is 0.519. The Balaban J connectivity index is -0.0000000480. The van der Waals surface area contributed by atoms with Crippen molar-refractivity contribution in [2.45, 2.75) is 13.8 Å². The molecule has 38 valence electrons. The molecule has 0 saturated heterocycles. The number of rotatable bonds is 0. The predicted octanol–water partition coefficient (Wildman–Crippen LogP) is -2.06. The minimum atomic E-state index is -0.833. The van der Waals surface area contributed by atoms with E-state index in [1.807, 2.05) is 0 Å². The fraction of sp³-hybridized carbons (Fsp3) is 0.500. The zero-order valence-corrected chi connectivity index (χ0v) is 5.06. The van der Waals surface area contributed by atoms with E-state index < -0.39 is 5.97 Å². The summed E-state index contributed by atoms with van der Waals surface area (Å²) in [6, 6.07) is 0. The van der Waals surface area contributed by atoms with E-state index in [1.54, 1.807) is 6.92 Å². The van der Waals surface area contributed by atoms with Crippen LogP contribution in [0.25, 0.3) is 0 Å². The van der Waals surface area contributed by atoms with Gasteiger partial charge < -0.3 is 12.0 Å². The third-order valence-corrected chi connectivity index (χ3v) is 0. The van der Waals surface area contributed by atoms with Gasteiger partial charge in [-0.1, -0.05) is 0 Å². The second-order valence-corrected chi connectivity index (χ2v) is 0.519. The minimum absolute atomic E-state index is 0. The molecule has 1 N–H and O–H groups in total. The van der Waals surface area contributed by atoms with Crippen LogP contribution in [0.3, 0.4) is 0 Å². The molecule has 0 bridgehead atoms. The molecule has 0 spiro atoms. The van der Waals surface area contributed by atoms with E-state index in [9.17, 15) is 0 Å². The molecule has 0 rings (SSSR count). The average Bonchev–Trinajstić information content (AvgIpc) is 1.41. The molecule has 0 aromatic carbocycles. The van der Waals surface area contributed by atoms with Crippen molar-refractivity contribution in [2.24, 2.45) is 0 Å². The van der Waals surface area contributed by atoms with Crippen LogP contribution in [-0.4, -0.2) is 11.1 Å². The van der Waals surface area contributed by atoms with Gasteiger partial charge in [-0.05, 0) is 0 Å². The van der Waals surface area contributed by atoms with Gasteiger partial charge in [0.2, 0.25) is 0 Å². The van der Waals surface area contributed by atoms with Crippen LogP contribution in [0.2, 0.25) is 0 Å². The maximum atomic E-state index is 9.00. The molecule has 0 aromatic heterocycles. The zero-order chi connectivity index (χ0) is 5.58. The van der Waals surface area contributed by atoms with Crippen LogP contribution in [0.4, 0.5) is 0 Å². The van der Waals surface area contributed by atoms with Crippen molar-refractivity contribution in [1.29, 1.82) is 0 Å². The van der Waals surface area contributed by atoms with E-state index in [0.29, 0.717) is 0 Å². The zero-order valence-electron chi connectivity index (χ0n) is 5.06. The molecule has 0 radical (unpaired) electrons. The number of carbonyl (C=O) groups is 1. The standard InChI is InChI=1S/C2H4O2.C2H5.Li/c1-2(3)4;1-2;/h1H3,(H,3,4);1H2,2H3;/q;-1;+1. The van der Waals surface area contributed by atoms with Gasteiger partial charge in [-0.15, -0.1) is 0 Å². The van der Waals surface area contributed by atoms with Crippen molar-refractivity contribution >= 4 is 5.97 Å². The number of carboxylic acid groups (broad SMARTS) is 1. The normalized spacial score (nSPS) is 4.43. The Morgan fingerprint density at radius 3 is 1.57 bits per heavy atom. The maximum Gasteiger partial charge on any atom is 1.00 e. The fourth-order valence-electron chi connectivity index (χ4n) is 0. The summed E-state index contributed by atoms with van der Waals surface area (Å²) in [4.78, 5) is 9.00. The van der Waals surface area contributed by atoms with E-state index in [2.05, 4.69) is 6.92 Å². The number of hydrogen-bond acceptors (Lipinski definition) is 1. The Kier molecular flexibility index (Phi) is 37.2. The topological polar surface area (TPSA) is 37.3 Å². The molecular formula is C4H9LiO2. The van der Waals surface area contributed by atoms with Crippen LogP contribution in [0.1, 0.15) is 13.8 Å². The van der Waals surface area contributed by atoms with Gasteiger partial charge in [0.25, 0.3) is 5.97 Å². The third kappa shape index (κ3) is 22100. The van der Waals surface area contributed by atoms with Crippen LogP contribution in [0.5, 0.6) is 0 Å². The molecule has 2 nitrogen and oxygen atoms in total. The summed E-state index contributed by atoms with van der Waals surface area (Å²) < 4.78 is 0. The molecule has 0 heterocycles. The Bertz CT molecular complexity index is 32.7. The van der Waals surface area contributed by atoms with Crippen molar-refractivity contribution in [3.8, 4) is 0 Å². The first kappa shape index (κ1) is 15.7. The fourth-order valence-corrected chi connectivity index (χ4v) is 0. The van der Waals surface area contributed by atoms with Crippen LogP contribution in [-0.2, 0) is 4.79 Å². The monoisotopic (exact) mass is 96.1 g/mol. The minimum Gasteiger partial charge on any atom is -0.481 e. The first-order chi connectivity index (χ1) is 2.73. The summed E-state index contributed by atoms with van der Waals surface area (Å²) in [6.45, 7) is 6.08. The van der Waals surface area contributed by atoms with Gasteiger partial charge in [0.15, 0.2) is 0 Å². The summed E-state index contributed by atoms with van der Waals surface area (Å²) in [5, 5.41) is 7.42. The molecular weight excluding hydrogens is 87.0 g/mol. The molecule has 0 fully saturated rings. The Labute approximate surface area is 56.1 Å². The molecule has 0 aliphatic heterocycles. The van der Waals surface area contributed by atoms with Crippen LogP contribution < -0.4 is 18.9 Å². The smallest absolute Gasteiger partial charge is 0.481 e. The van der Waals surface area contributed by atoms with E-state index in [0.717, 1.165) is 6.92 Å². The van der Waals surface area contributed by atoms with Gasteiger partial charge in [-0.2, -0.15) is 6.92 Å². The molecule has 0 unspecified atom stereocenters. The van der Waals surface area contributed by atoms with Crippen molar-refractivity contribution in [1.82, 2.24) is 0 Å². The quantitative estimate of drug-likeness (QED) is 0.278. The molecule has 0 amide bonds. The predicted molar refractivity (Wildman–Crippen MR) is 24.3 cm³/mol. The maximum absolute atomic E-state index is 9.00. The van der Waals surface area contributed by atoms with Gasteiger partial charge in [0.05, 0.1) is 0 Å². The van der Waals surface area contributed by atoms with E-state index in [4.69, 9.17) is 9.90 Å². The van der Waals surface area contributed by atoms with Crippen molar-refractivity contribution < 1.29 is 28.8 Å². The van der Waals surface area contributed by atoms with E-state index in [1.165, 1.54) is 0 Å². The summed E-state index contributed by atoms with van der Waals surface area (Å²) in [7, 11) is 0. The summed E-state index contributed by atoms with van der Waals surface area (Å²) in [6.07, 6.45) is 0.